The molecular formula is C20H19FN2O5. The molecule has 1 fully saturated rings. The highest BCUT2D eigenvalue weighted by molar-refractivity contribution is 5.94. The van der Waals surface area contributed by atoms with Crippen LogP contribution in [0.2, 0.25) is 0 Å². The molecule has 1 saturated heterocycles. The Kier molecular flexibility index (Phi) is 5.67. The Bertz CT molecular complexity index is 905. The summed E-state index contributed by atoms with van der Waals surface area (Å²) < 4.78 is 18.3. The molecule has 0 unspecified atom stereocenters. The lowest BCUT2D eigenvalue weighted by Gasteiger charge is -2.31. The first-order valence-electron chi connectivity index (χ1n) is 8.86. The van der Waals surface area contributed by atoms with Crippen molar-refractivity contribution in [3.05, 3.63) is 69.5 Å². The number of hydrogen-bond donors (Lipinski definition) is 0. The van der Waals surface area contributed by atoms with Gasteiger partial charge in [0.15, 0.2) is 0 Å². The number of ether oxygens (including phenoxy) is 1. The number of nitro groups is 1. The Morgan fingerprint density at radius 1 is 1.14 bits per heavy atom. The number of piperidine rings is 1. The van der Waals surface area contributed by atoms with E-state index in [-0.39, 0.29) is 23.3 Å². The molecule has 1 heterocycles. The third-order valence-corrected chi connectivity index (χ3v) is 4.79. The maximum absolute atomic E-state index is 13.0. The highest BCUT2D eigenvalue weighted by Crippen LogP contribution is 2.26. The predicted octanol–water partition coefficient (Wildman–Crippen LogP) is 3.50. The molecule has 2 aromatic rings. The van der Waals surface area contributed by atoms with Gasteiger partial charge in [0, 0.05) is 30.3 Å². The number of benzene rings is 2. The fraction of sp³-hybridized carbons (Fsp3) is 0.300. The van der Waals surface area contributed by atoms with Crippen LogP contribution in [0.15, 0.2) is 42.5 Å². The Morgan fingerprint density at radius 3 is 2.36 bits per heavy atom. The third-order valence-electron chi connectivity index (χ3n) is 4.79. The van der Waals surface area contributed by atoms with Crippen molar-refractivity contribution < 1.29 is 23.6 Å². The molecule has 8 heteroatoms. The molecule has 0 aliphatic carbocycles. The van der Waals surface area contributed by atoms with Crippen molar-refractivity contribution in [3.8, 4) is 5.75 Å². The molecule has 146 valence electrons. The monoisotopic (exact) mass is 386 g/mol. The lowest BCUT2D eigenvalue weighted by molar-refractivity contribution is -0.385. The van der Waals surface area contributed by atoms with Crippen molar-refractivity contribution in [2.45, 2.75) is 19.8 Å². The zero-order chi connectivity index (χ0) is 20.3. The number of esters is 1. The van der Waals surface area contributed by atoms with Crippen molar-refractivity contribution in [1.29, 1.82) is 0 Å². The molecular weight excluding hydrogens is 367 g/mol. The Labute approximate surface area is 160 Å². The standard InChI is InChI=1S/C20H19FN2O5/c1-13-12-17(6-7-18(13)23(26)27)28-20(25)15-8-10-22(11-9-15)19(24)14-2-4-16(21)5-3-14/h2-7,12,15H,8-11H2,1H3. The molecule has 0 radical (unpaired) electrons. The maximum Gasteiger partial charge on any atom is 0.314 e. The van der Waals surface area contributed by atoms with Gasteiger partial charge >= 0.3 is 5.97 Å². The molecule has 0 saturated carbocycles. The lowest BCUT2D eigenvalue weighted by Crippen LogP contribution is -2.41. The minimum atomic E-state index is -0.491. The summed E-state index contributed by atoms with van der Waals surface area (Å²) in [6.07, 6.45) is 0.912. The lowest BCUT2D eigenvalue weighted by atomic mass is 9.96. The summed E-state index contributed by atoms with van der Waals surface area (Å²) in [5.74, 6) is -1.11. The number of carbonyl (C=O) groups is 2. The minimum absolute atomic E-state index is 0.0348. The largest absolute Gasteiger partial charge is 0.426 e. The van der Waals surface area contributed by atoms with Crippen molar-refractivity contribution in [2.75, 3.05) is 13.1 Å². The minimum Gasteiger partial charge on any atom is -0.426 e. The van der Waals surface area contributed by atoms with Crippen molar-refractivity contribution in [3.63, 3.8) is 0 Å². The van der Waals surface area contributed by atoms with Crippen LogP contribution in [-0.2, 0) is 4.79 Å². The average molecular weight is 386 g/mol. The Balaban J connectivity index is 1.56. The normalized spacial score (nSPS) is 14.6. The number of rotatable bonds is 4. The van der Waals surface area contributed by atoms with Crippen molar-refractivity contribution in [1.82, 2.24) is 4.90 Å². The first-order valence-corrected chi connectivity index (χ1v) is 8.86. The second-order valence-corrected chi connectivity index (χ2v) is 6.70. The molecule has 0 spiro atoms. The number of nitro benzene ring substituents is 1. The van der Waals surface area contributed by atoms with Gasteiger partial charge in [0.05, 0.1) is 10.8 Å². The van der Waals surface area contributed by atoms with Gasteiger partial charge in [0.2, 0.25) is 0 Å². The second-order valence-electron chi connectivity index (χ2n) is 6.70. The van der Waals surface area contributed by atoms with Gasteiger partial charge < -0.3 is 9.64 Å². The first kappa shape index (κ1) is 19.5. The van der Waals surface area contributed by atoms with Crippen LogP contribution in [0, 0.1) is 28.8 Å². The van der Waals surface area contributed by atoms with Crippen LogP contribution < -0.4 is 4.74 Å². The van der Waals surface area contributed by atoms with Gasteiger partial charge in [-0.05, 0) is 56.2 Å². The first-order chi connectivity index (χ1) is 13.3. The number of amides is 1. The molecule has 7 nitrogen and oxygen atoms in total. The number of likely N-dealkylation sites (tertiary alicyclic amines) is 1. The van der Waals surface area contributed by atoms with E-state index in [0.717, 1.165) is 0 Å². The highest BCUT2D eigenvalue weighted by Gasteiger charge is 2.29. The molecule has 0 atom stereocenters. The number of carbonyl (C=O) groups excluding carboxylic acids is 2. The molecule has 1 amide bonds. The van der Waals surface area contributed by atoms with Crippen LogP contribution in [-0.4, -0.2) is 34.8 Å². The summed E-state index contributed by atoms with van der Waals surface area (Å²) in [5, 5.41) is 10.9. The Hall–Kier alpha value is -3.29. The van der Waals surface area contributed by atoms with E-state index in [2.05, 4.69) is 0 Å². The Morgan fingerprint density at radius 2 is 1.79 bits per heavy atom. The van der Waals surface area contributed by atoms with Gasteiger partial charge in [-0.15, -0.1) is 0 Å². The van der Waals surface area contributed by atoms with E-state index in [1.165, 1.54) is 42.5 Å². The van der Waals surface area contributed by atoms with Gasteiger partial charge in [-0.25, -0.2) is 4.39 Å². The number of halogens is 1. The number of nitrogens with zero attached hydrogens (tertiary/aromatic N) is 2. The fourth-order valence-corrected chi connectivity index (χ4v) is 3.19. The van der Waals surface area contributed by atoms with Crippen LogP contribution in [0.1, 0.15) is 28.8 Å². The molecule has 2 aromatic carbocycles. The average Bonchev–Trinajstić information content (AvgIpc) is 2.68. The number of hydrogen-bond acceptors (Lipinski definition) is 5. The summed E-state index contributed by atoms with van der Waals surface area (Å²) >= 11 is 0. The predicted molar refractivity (Wildman–Crippen MR) is 98.5 cm³/mol. The molecule has 3 rings (SSSR count). The van der Waals surface area contributed by atoms with Crippen LogP contribution in [0.5, 0.6) is 5.75 Å². The van der Waals surface area contributed by atoms with Gasteiger partial charge in [-0.3, -0.25) is 19.7 Å². The molecule has 0 aromatic heterocycles. The van der Waals surface area contributed by atoms with Gasteiger partial charge in [0.25, 0.3) is 11.6 Å². The summed E-state index contributed by atoms with van der Waals surface area (Å²) in [4.78, 5) is 36.8. The van der Waals surface area contributed by atoms with Crippen LogP contribution in [0.25, 0.3) is 0 Å². The van der Waals surface area contributed by atoms with E-state index in [1.807, 2.05) is 0 Å². The van der Waals surface area contributed by atoms with Crippen molar-refractivity contribution in [2.24, 2.45) is 5.92 Å². The molecule has 1 aliphatic rings. The van der Waals surface area contributed by atoms with E-state index in [0.29, 0.717) is 37.1 Å². The molecule has 0 bridgehead atoms. The highest BCUT2D eigenvalue weighted by atomic mass is 19.1. The van der Waals surface area contributed by atoms with E-state index in [1.54, 1.807) is 11.8 Å². The van der Waals surface area contributed by atoms with Crippen molar-refractivity contribution >= 4 is 17.6 Å². The SMILES string of the molecule is Cc1cc(OC(=O)C2CCN(C(=O)c3ccc(F)cc3)CC2)ccc1[N+](=O)[O-]. The van der Waals surface area contributed by atoms with E-state index in [4.69, 9.17) is 4.74 Å². The van der Waals surface area contributed by atoms with Crippen LogP contribution in [0.4, 0.5) is 10.1 Å². The fourth-order valence-electron chi connectivity index (χ4n) is 3.19. The van der Waals surface area contributed by atoms with Crippen LogP contribution >= 0.6 is 0 Å². The van der Waals surface area contributed by atoms with E-state index in [9.17, 15) is 24.1 Å². The molecule has 28 heavy (non-hydrogen) atoms. The second kappa shape index (κ2) is 8.16. The quantitative estimate of drug-likeness (QED) is 0.347. The van der Waals surface area contributed by atoms with Gasteiger partial charge in [0.1, 0.15) is 11.6 Å². The molecule has 1 aliphatic heterocycles. The zero-order valence-electron chi connectivity index (χ0n) is 15.3. The number of aryl methyl sites for hydroxylation is 1. The maximum atomic E-state index is 13.0. The summed E-state index contributed by atoms with van der Waals surface area (Å²) in [5.41, 5.74) is 0.784. The van der Waals surface area contributed by atoms with Gasteiger partial charge in [-0.1, -0.05) is 0 Å². The smallest absolute Gasteiger partial charge is 0.314 e. The zero-order valence-corrected chi connectivity index (χ0v) is 15.3. The van der Waals surface area contributed by atoms with E-state index >= 15 is 0 Å². The van der Waals surface area contributed by atoms with Crippen LogP contribution in [0.3, 0.4) is 0 Å². The summed E-state index contributed by atoms with van der Waals surface area (Å²) in [6.45, 7) is 2.37. The molecule has 0 N–H and O–H groups in total. The third kappa shape index (κ3) is 4.33. The topological polar surface area (TPSA) is 89.8 Å². The summed E-state index contributed by atoms with van der Waals surface area (Å²) in [7, 11) is 0. The summed E-state index contributed by atoms with van der Waals surface area (Å²) in [6, 6.07) is 9.53. The van der Waals surface area contributed by atoms with E-state index < -0.39 is 16.7 Å². The van der Waals surface area contributed by atoms with Gasteiger partial charge in [-0.2, -0.15) is 0 Å².